The summed E-state index contributed by atoms with van der Waals surface area (Å²) in [7, 11) is 0. The molecule has 0 saturated carbocycles. The number of para-hydroxylation sites is 1. The number of aromatic nitrogens is 2. The predicted molar refractivity (Wildman–Crippen MR) is 227 cm³/mol. The summed E-state index contributed by atoms with van der Waals surface area (Å²) in [6, 6.07) is 69.9. The number of nitrogens with zero attached hydrogens (tertiary/aromatic N) is 2. The summed E-state index contributed by atoms with van der Waals surface area (Å²) in [6.07, 6.45) is 0. The number of rotatable bonds is 3. The zero-order valence-electron chi connectivity index (χ0n) is 30.3. The summed E-state index contributed by atoms with van der Waals surface area (Å²) in [4.78, 5) is 10.5. The topological polar surface area (TPSA) is 38.9 Å². The second-order valence-electron chi connectivity index (χ2n) is 14.8. The monoisotopic (exact) mass is 712 g/mol. The molecule has 0 bridgehead atoms. The molecular weight excluding hydrogens is 681 g/mol. The number of furan rings is 1. The first-order chi connectivity index (χ1) is 27.8. The molecule has 0 amide bonds. The molecule has 0 fully saturated rings. The second kappa shape index (κ2) is 11.8. The lowest BCUT2D eigenvalue weighted by Gasteiger charge is -2.35. The van der Waals surface area contributed by atoms with Crippen LogP contribution in [0.3, 0.4) is 0 Å². The molecule has 260 valence electrons. The first-order valence-corrected chi connectivity index (χ1v) is 19.2. The lowest BCUT2D eigenvalue weighted by atomic mass is 9.65. The molecule has 0 atom stereocenters. The van der Waals surface area contributed by atoms with E-state index in [0.717, 1.165) is 50.0 Å². The SMILES string of the molecule is c1ccc(-c2cc(-c3ccc4c(c3)C3(c5ccccc5-c5ccccc5-c5ccccc53)c3ccccc3-4)nc(-c3ccc4c(c3)oc3ccccc34)n2)cc1. The molecule has 1 spiro atoms. The fourth-order valence-corrected chi connectivity index (χ4v) is 9.55. The average Bonchev–Trinajstić information content (AvgIpc) is 3.76. The lowest BCUT2D eigenvalue weighted by molar-refractivity contribution is 0.669. The molecule has 3 heteroatoms. The van der Waals surface area contributed by atoms with Crippen LogP contribution in [0.15, 0.2) is 199 Å². The van der Waals surface area contributed by atoms with Gasteiger partial charge in [-0.15, -0.1) is 0 Å². The van der Waals surface area contributed by atoms with Gasteiger partial charge in [0, 0.05) is 27.5 Å². The molecule has 12 rings (SSSR count). The van der Waals surface area contributed by atoms with Crippen molar-refractivity contribution < 1.29 is 4.42 Å². The third-order valence-electron chi connectivity index (χ3n) is 11.9. The molecular formula is C53H32N2O. The van der Waals surface area contributed by atoms with E-state index in [4.69, 9.17) is 14.4 Å². The minimum atomic E-state index is -0.571. The zero-order chi connectivity index (χ0) is 36.8. The molecule has 3 nitrogen and oxygen atoms in total. The van der Waals surface area contributed by atoms with Gasteiger partial charge in [0.05, 0.1) is 16.8 Å². The van der Waals surface area contributed by atoms with E-state index in [1.54, 1.807) is 0 Å². The summed E-state index contributed by atoms with van der Waals surface area (Å²) in [5.74, 6) is 0.655. The summed E-state index contributed by atoms with van der Waals surface area (Å²) < 4.78 is 6.32. The van der Waals surface area contributed by atoms with Gasteiger partial charge in [-0.05, 0) is 86.0 Å². The third kappa shape index (κ3) is 4.34. The highest BCUT2D eigenvalue weighted by Crippen LogP contribution is 2.61. The van der Waals surface area contributed by atoms with Gasteiger partial charge in [-0.2, -0.15) is 0 Å². The highest BCUT2D eigenvalue weighted by Gasteiger charge is 2.49. The molecule has 56 heavy (non-hydrogen) atoms. The number of fused-ring (bicyclic) bond motifs is 15. The third-order valence-corrected chi connectivity index (χ3v) is 11.9. The van der Waals surface area contributed by atoms with E-state index in [1.807, 2.05) is 24.3 Å². The van der Waals surface area contributed by atoms with Crippen molar-refractivity contribution in [1.29, 1.82) is 0 Å². The Kier molecular flexibility index (Phi) is 6.55. The van der Waals surface area contributed by atoms with Gasteiger partial charge in [-0.1, -0.05) is 164 Å². The van der Waals surface area contributed by atoms with Gasteiger partial charge in [-0.3, -0.25) is 0 Å². The summed E-state index contributed by atoms with van der Waals surface area (Å²) in [6.45, 7) is 0. The van der Waals surface area contributed by atoms with Gasteiger partial charge in [0.2, 0.25) is 0 Å². The lowest BCUT2D eigenvalue weighted by Crippen LogP contribution is -2.29. The number of benzene rings is 8. The standard InChI is InChI=1S/C53H32N2O/c1-2-14-33(15-3-1)48-32-49(55-52(54-48)35-27-29-43-42-21-9-13-25-50(42)56-51(43)31-35)34-26-28-41-40-20-8-12-24-46(40)53(47(41)30-34)44-22-10-6-18-38(44)36-16-4-5-17-37(36)39-19-7-11-23-45(39)53/h1-32H. The minimum Gasteiger partial charge on any atom is -0.456 e. The van der Waals surface area contributed by atoms with Crippen molar-refractivity contribution >= 4 is 21.9 Å². The molecule has 0 aliphatic heterocycles. The normalized spacial score (nSPS) is 13.1. The van der Waals surface area contributed by atoms with Crippen molar-refractivity contribution in [2.24, 2.45) is 0 Å². The molecule has 8 aromatic carbocycles. The van der Waals surface area contributed by atoms with Crippen LogP contribution < -0.4 is 0 Å². The van der Waals surface area contributed by atoms with Crippen molar-refractivity contribution in [3.63, 3.8) is 0 Å². The van der Waals surface area contributed by atoms with E-state index >= 15 is 0 Å². The maximum Gasteiger partial charge on any atom is 0.160 e. The van der Waals surface area contributed by atoms with E-state index in [0.29, 0.717) is 5.82 Å². The van der Waals surface area contributed by atoms with Gasteiger partial charge in [0.15, 0.2) is 5.82 Å². The average molecular weight is 713 g/mol. The fraction of sp³-hybridized carbons (Fsp3) is 0.0189. The molecule has 2 aliphatic rings. The highest BCUT2D eigenvalue weighted by atomic mass is 16.3. The maximum absolute atomic E-state index is 6.32. The van der Waals surface area contributed by atoms with Gasteiger partial charge < -0.3 is 4.42 Å². The van der Waals surface area contributed by atoms with E-state index < -0.39 is 5.41 Å². The Morgan fingerprint density at radius 3 is 1.50 bits per heavy atom. The van der Waals surface area contributed by atoms with Gasteiger partial charge >= 0.3 is 0 Å². The van der Waals surface area contributed by atoms with Gasteiger partial charge in [-0.25, -0.2) is 9.97 Å². The van der Waals surface area contributed by atoms with Crippen molar-refractivity contribution in [3.8, 4) is 67.3 Å². The Hall–Kier alpha value is -7.36. The molecule has 2 aromatic heterocycles. The Balaban J connectivity index is 1.13. The van der Waals surface area contributed by atoms with Crippen LogP contribution in [0.4, 0.5) is 0 Å². The summed E-state index contributed by atoms with van der Waals surface area (Å²) in [5.41, 5.74) is 18.5. The maximum atomic E-state index is 6.32. The van der Waals surface area contributed by atoms with Crippen molar-refractivity contribution in [2.75, 3.05) is 0 Å². The number of hydrogen-bond donors (Lipinski definition) is 0. The van der Waals surface area contributed by atoms with Crippen molar-refractivity contribution in [3.05, 3.63) is 216 Å². The molecule has 0 unspecified atom stereocenters. The van der Waals surface area contributed by atoms with Gasteiger partial charge in [0.25, 0.3) is 0 Å². The summed E-state index contributed by atoms with van der Waals surface area (Å²) >= 11 is 0. The highest BCUT2D eigenvalue weighted by molar-refractivity contribution is 6.06. The van der Waals surface area contributed by atoms with Crippen LogP contribution in [-0.2, 0) is 5.41 Å². The Morgan fingerprint density at radius 1 is 0.321 bits per heavy atom. The largest absolute Gasteiger partial charge is 0.456 e. The quantitative estimate of drug-likeness (QED) is 0.183. The summed E-state index contributed by atoms with van der Waals surface area (Å²) in [5, 5.41) is 2.19. The molecule has 2 heterocycles. The zero-order valence-corrected chi connectivity index (χ0v) is 30.3. The van der Waals surface area contributed by atoms with Crippen LogP contribution >= 0.6 is 0 Å². The Labute approximate surface area is 324 Å². The van der Waals surface area contributed by atoms with Crippen LogP contribution in [0.1, 0.15) is 22.3 Å². The van der Waals surface area contributed by atoms with Crippen molar-refractivity contribution in [1.82, 2.24) is 9.97 Å². The Morgan fingerprint density at radius 2 is 0.821 bits per heavy atom. The van der Waals surface area contributed by atoms with Crippen LogP contribution in [0, 0.1) is 0 Å². The second-order valence-corrected chi connectivity index (χ2v) is 14.8. The van der Waals surface area contributed by atoms with E-state index in [2.05, 4.69) is 170 Å². The van der Waals surface area contributed by atoms with Crippen LogP contribution in [0.25, 0.3) is 89.2 Å². The smallest absolute Gasteiger partial charge is 0.160 e. The molecule has 10 aromatic rings. The fourth-order valence-electron chi connectivity index (χ4n) is 9.55. The minimum absolute atomic E-state index is 0.571. The van der Waals surface area contributed by atoms with E-state index in [-0.39, 0.29) is 0 Å². The molecule has 0 saturated heterocycles. The molecule has 2 aliphatic carbocycles. The predicted octanol–water partition coefficient (Wildman–Crippen LogP) is 13.4. The van der Waals surface area contributed by atoms with Crippen LogP contribution in [0.5, 0.6) is 0 Å². The van der Waals surface area contributed by atoms with E-state index in [9.17, 15) is 0 Å². The molecule has 0 N–H and O–H groups in total. The number of hydrogen-bond acceptors (Lipinski definition) is 3. The van der Waals surface area contributed by atoms with Gasteiger partial charge in [0.1, 0.15) is 11.2 Å². The first kappa shape index (κ1) is 31.0. The van der Waals surface area contributed by atoms with Crippen molar-refractivity contribution in [2.45, 2.75) is 5.41 Å². The van der Waals surface area contributed by atoms with E-state index in [1.165, 1.54) is 55.6 Å². The van der Waals surface area contributed by atoms with Crippen LogP contribution in [0.2, 0.25) is 0 Å². The van der Waals surface area contributed by atoms with Crippen LogP contribution in [-0.4, -0.2) is 9.97 Å². The molecule has 0 radical (unpaired) electrons. The first-order valence-electron chi connectivity index (χ1n) is 19.2. The Bertz CT molecular complexity index is 3140.